The molecule has 0 saturated carbocycles. The minimum atomic E-state index is -0.124. The zero-order valence-electron chi connectivity index (χ0n) is 14.5. The second-order valence-electron chi connectivity index (χ2n) is 6.42. The fourth-order valence-corrected chi connectivity index (χ4v) is 3.18. The SMILES string of the molecule is O=C(Nc1cccc2cccnc12)c1ccc(CN2CCOCC2)cc1. The lowest BCUT2D eigenvalue weighted by Crippen LogP contribution is -2.35. The number of hydrogen-bond acceptors (Lipinski definition) is 4. The highest BCUT2D eigenvalue weighted by molar-refractivity contribution is 6.08. The summed E-state index contributed by atoms with van der Waals surface area (Å²) < 4.78 is 5.38. The number of aromatic nitrogens is 1. The number of amides is 1. The number of carbonyl (C=O) groups excluding carboxylic acids is 1. The van der Waals surface area contributed by atoms with Crippen molar-refractivity contribution in [2.75, 3.05) is 31.6 Å². The van der Waals surface area contributed by atoms with Gasteiger partial charge in [0.25, 0.3) is 5.91 Å². The summed E-state index contributed by atoms with van der Waals surface area (Å²) in [7, 11) is 0. The van der Waals surface area contributed by atoms with Gasteiger partial charge >= 0.3 is 0 Å². The molecule has 0 spiro atoms. The predicted molar refractivity (Wildman–Crippen MR) is 102 cm³/mol. The third-order valence-corrected chi connectivity index (χ3v) is 4.61. The molecule has 3 aromatic rings. The summed E-state index contributed by atoms with van der Waals surface area (Å²) in [5.74, 6) is -0.124. The van der Waals surface area contributed by atoms with E-state index < -0.39 is 0 Å². The Bertz CT molecular complexity index is 897. The summed E-state index contributed by atoms with van der Waals surface area (Å²) in [6.07, 6.45) is 1.73. The van der Waals surface area contributed by atoms with Crippen molar-refractivity contribution in [3.05, 3.63) is 71.9 Å². The lowest BCUT2D eigenvalue weighted by Gasteiger charge is -2.26. The smallest absolute Gasteiger partial charge is 0.255 e. The van der Waals surface area contributed by atoms with E-state index in [0.717, 1.165) is 49.4 Å². The van der Waals surface area contributed by atoms with E-state index in [9.17, 15) is 4.79 Å². The number of morpholine rings is 1. The lowest BCUT2D eigenvalue weighted by atomic mass is 10.1. The Morgan fingerprint density at radius 1 is 1.04 bits per heavy atom. The summed E-state index contributed by atoms with van der Waals surface area (Å²) in [4.78, 5) is 19.3. The van der Waals surface area contributed by atoms with Crippen LogP contribution in [-0.2, 0) is 11.3 Å². The Kier molecular flexibility index (Phi) is 4.91. The fourth-order valence-electron chi connectivity index (χ4n) is 3.18. The van der Waals surface area contributed by atoms with Gasteiger partial charge in [-0.1, -0.05) is 30.3 Å². The summed E-state index contributed by atoms with van der Waals surface area (Å²) in [6, 6.07) is 17.5. The topological polar surface area (TPSA) is 54.5 Å². The lowest BCUT2D eigenvalue weighted by molar-refractivity contribution is 0.0342. The van der Waals surface area contributed by atoms with E-state index in [1.165, 1.54) is 5.56 Å². The predicted octanol–water partition coefficient (Wildman–Crippen LogP) is 3.32. The maximum absolute atomic E-state index is 12.6. The molecule has 1 amide bonds. The molecule has 4 rings (SSSR count). The fraction of sp³-hybridized carbons (Fsp3) is 0.238. The van der Waals surface area contributed by atoms with E-state index in [-0.39, 0.29) is 5.91 Å². The average molecular weight is 347 g/mol. The van der Waals surface area contributed by atoms with Crippen molar-refractivity contribution in [1.82, 2.24) is 9.88 Å². The van der Waals surface area contributed by atoms with Crippen LogP contribution in [0.15, 0.2) is 60.8 Å². The Hall–Kier alpha value is -2.76. The van der Waals surface area contributed by atoms with Crippen molar-refractivity contribution in [3.8, 4) is 0 Å². The van der Waals surface area contributed by atoms with Crippen LogP contribution < -0.4 is 5.32 Å². The molecule has 1 saturated heterocycles. The summed E-state index contributed by atoms with van der Waals surface area (Å²) in [6.45, 7) is 4.38. The number of para-hydroxylation sites is 1. The van der Waals surface area contributed by atoms with E-state index in [1.54, 1.807) is 6.20 Å². The molecule has 0 aliphatic carbocycles. The molecule has 1 N–H and O–H groups in total. The standard InChI is InChI=1S/C21H21N3O2/c25-21(23-19-5-1-3-17-4-2-10-22-20(17)19)18-8-6-16(7-9-18)15-24-11-13-26-14-12-24/h1-10H,11-15H2,(H,23,25). The Morgan fingerprint density at radius 3 is 2.62 bits per heavy atom. The van der Waals surface area contributed by atoms with Crippen molar-refractivity contribution >= 4 is 22.5 Å². The molecule has 2 aromatic carbocycles. The van der Waals surface area contributed by atoms with Gasteiger partial charge in [0.2, 0.25) is 0 Å². The third-order valence-electron chi connectivity index (χ3n) is 4.61. The third kappa shape index (κ3) is 3.74. The molecule has 5 heteroatoms. The van der Waals surface area contributed by atoms with E-state index in [4.69, 9.17) is 4.74 Å². The van der Waals surface area contributed by atoms with Crippen LogP contribution in [0.5, 0.6) is 0 Å². The highest BCUT2D eigenvalue weighted by Crippen LogP contribution is 2.21. The van der Waals surface area contributed by atoms with Gasteiger partial charge in [-0.2, -0.15) is 0 Å². The molecule has 0 atom stereocenters. The van der Waals surface area contributed by atoms with Crippen molar-refractivity contribution in [3.63, 3.8) is 0 Å². The van der Waals surface area contributed by atoms with Crippen molar-refractivity contribution in [1.29, 1.82) is 0 Å². The zero-order chi connectivity index (χ0) is 17.8. The molecular weight excluding hydrogens is 326 g/mol. The molecule has 5 nitrogen and oxygen atoms in total. The molecule has 1 aliphatic rings. The summed E-state index contributed by atoms with van der Waals surface area (Å²) >= 11 is 0. The van der Waals surface area contributed by atoms with Crippen LogP contribution in [0.1, 0.15) is 15.9 Å². The van der Waals surface area contributed by atoms with Crippen LogP contribution in [0.25, 0.3) is 10.9 Å². The van der Waals surface area contributed by atoms with E-state index >= 15 is 0 Å². The van der Waals surface area contributed by atoms with Gasteiger partial charge < -0.3 is 10.1 Å². The maximum Gasteiger partial charge on any atom is 0.255 e. The van der Waals surface area contributed by atoms with Gasteiger partial charge in [-0.15, -0.1) is 0 Å². The highest BCUT2D eigenvalue weighted by Gasteiger charge is 2.12. The quantitative estimate of drug-likeness (QED) is 0.787. The van der Waals surface area contributed by atoms with E-state index in [0.29, 0.717) is 5.56 Å². The number of rotatable bonds is 4. The van der Waals surface area contributed by atoms with Gasteiger partial charge in [-0.05, 0) is 29.8 Å². The summed E-state index contributed by atoms with van der Waals surface area (Å²) in [5, 5.41) is 3.98. The Morgan fingerprint density at radius 2 is 1.81 bits per heavy atom. The Labute approximate surface area is 152 Å². The average Bonchev–Trinajstić information content (AvgIpc) is 2.70. The number of anilines is 1. The van der Waals surface area contributed by atoms with Gasteiger partial charge in [0.05, 0.1) is 24.4 Å². The second-order valence-corrected chi connectivity index (χ2v) is 6.42. The molecule has 0 unspecified atom stereocenters. The number of benzene rings is 2. The second kappa shape index (κ2) is 7.64. The van der Waals surface area contributed by atoms with Gasteiger partial charge in [0, 0.05) is 36.8 Å². The molecule has 0 bridgehead atoms. The van der Waals surface area contributed by atoms with Gasteiger partial charge in [-0.25, -0.2) is 0 Å². The molecule has 26 heavy (non-hydrogen) atoms. The highest BCUT2D eigenvalue weighted by atomic mass is 16.5. The number of fused-ring (bicyclic) bond motifs is 1. The zero-order valence-corrected chi connectivity index (χ0v) is 14.5. The monoisotopic (exact) mass is 347 g/mol. The first-order chi connectivity index (χ1) is 12.8. The molecule has 1 aromatic heterocycles. The number of nitrogens with zero attached hydrogens (tertiary/aromatic N) is 2. The van der Waals surface area contributed by atoms with Crippen molar-refractivity contribution < 1.29 is 9.53 Å². The van der Waals surface area contributed by atoms with E-state index in [1.807, 2.05) is 54.6 Å². The Balaban J connectivity index is 1.46. The number of nitrogens with one attached hydrogen (secondary N) is 1. The van der Waals surface area contributed by atoms with Gasteiger partial charge in [0.15, 0.2) is 0 Å². The number of pyridine rings is 1. The molecular formula is C21H21N3O2. The first-order valence-corrected chi connectivity index (χ1v) is 8.84. The van der Waals surface area contributed by atoms with E-state index in [2.05, 4.69) is 15.2 Å². The van der Waals surface area contributed by atoms with Crippen molar-refractivity contribution in [2.24, 2.45) is 0 Å². The number of hydrogen-bond donors (Lipinski definition) is 1. The molecule has 1 fully saturated rings. The minimum absolute atomic E-state index is 0.124. The normalized spacial score (nSPS) is 15.1. The molecule has 0 radical (unpaired) electrons. The van der Waals surface area contributed by atoms with Crippen molar-refractivity contribution in [2.45, 2.75) is 6.54 Å². The van der Waals surface area contributed by atoms with Gasteiger partial charge in [0.1, 0.15) is 0 Å². The molecule has 132 valence electrons. The molecule has 2 heterocycles. The van der Waals surface area contributed by atoms with Crippen LogP contribution in [0, 0.1) is 0 Å². The summed E-state index contributed by atoms with van der Waals surface area (Å²) in [5.41, 5.74) is 3.37. The van der Waals surface area contributed by atoms with Crippen LogP contribution in [0.3, 0.4) is 0 Å². The van der Waals surface area contributed by atoms with Crippen LogP contribution >= 0.6 is 0 Å². The largest absolute Gasteiger partial charge is 0.379 e. The molecule has 1 aliphatic heterocycles. The number of carbonyl (C=O) groups is 1. The van der Waals surface area contributed by atoms with Crippen LogP contribution in [-0.4, -0.2) is 42.1 Å². The minimum Gasteiger partial charge on any atom is -0.379 e. The first kappa shape index (κ1) is 16.7. The van der Waals surface area contributed by atoms with Crippen LogP contribution in [0.4, 0.5) is 5.69 Å². The maximum atomic E-state index is 12.6. The van der Waals surface area contributed by atoms with Crippen LogP contribution in [0.2, 0.25) is 0 Å². The number of ether oxygens (including phenoxy) is 1. The first-order valence-electron chi connectivity index (χ1n) is 8.84. The van der Waals surface area contributed by atoms with Gasteiger partial charge in [-0.3, -0.25) is 14.7 Å².